The zero-order chi connectivity index (χ0) is 17.5. The number of benzene rings is 1. The molecule has 1 aliphatic heterocycles. The van der Waals surface area contributed by atoms with E-state index in [2.05, 4.69) is 24.1 Å². The monoisotopic (exact) mass is 335 g/mol. The number of carbonyl (C=O) groups is 1. The fourth-order valence-corrected chi connectivity index (χ4v) is 3.54. The Morgan fingerprint density at radius 2 is 2.25 bits per heavy atom. The van der Waals surface area contributed by atoms with Gasteiger partial charge >= 0.3 is 6.03 Å². The Hall–Kier alpha value is -1.62. The van der Waals surface area contributed by atoms with Gasteiger partial charge < -0.3 is 15.1 Å². The number of hydrogen-bond donors (Lipinski definition) is 1. The molecule has 0 bridgehead atoms. The van der Waals surface area contributed by atoms with Crippen LogP contribution in [0.3, 0.4) is 0 Å². The first-order chi connectivity index (χ1) is 11.5. The topological polar surface area (TPSA) is 35.6 Å². The number of hydrogen-bond acceptors (Lipinski definition) is 2. The Balaban J connectivity index is 1.72. The molecule has 0 unspecified atom stereocenters. The van der Waals surface area contributed by atoms with Crippen LogP contribution in [0.25, 0.3) is 0 Å². The Labute approximate surface area is 145 Å². The van der Waals surface area contributed by atoms with Crippen LogP contribution in [0.15, 0.2) is 24.3 Å². The second-order valence-corrected chi connectivity index (χ2v) is 6.80. The average molecular weight is 335 g/mol. The third-order valence-electron chi connectivity index (χ3n) is 5.02. The first-order valence-corrected chi connectivity index (χ1v) is 8.98. The van der Waals surface area contributed by atoms with Crippen LogP contribution in [0.5, 0.6) is 0 Å². The van der Waals surface area contributed by atoms with Crippen LogP contribution < -0.4 is 5.32 Å². The van der Waals surface area contributed by atoms with Crippen molar-refractivity contribution < 1.29 is 9.18 Å². The Morgan fingerprint density at radius 3 is 2.92 bits per heavy atom. The number of rotatable bonds is 6. The van der Waals surface area contributed by atoms with Gasteiger partial charge in [0.2, 0.25) is 0 Å². The fourth-order valence-electron chi connectivity index (χ4n) is 3.54. The highest BCUT2D eigenvalue weighted by Gasteiger charge is 2.30. The lowest BCUT2D eigenvalue weighted by Gasteiger charge is -2.40. The molecule has 1 N–H and O–H groups in total. The average Bonchev–Trinajstić information content (AvgIpc) is 2.58. The number of urea groups is 1. The molecule has 1 aliphatic rings. The SMILES string of the molecule is CCN1CC[C@H](N(C)C(=O)NCCCc2cccc(F)c2)[C@H](C)C1. The van der Waals surface area contributed by atoms with Gasteiger partial charge in [-0.05, 0) is 49.4 Å². The number of halogens is 1. The molecule has 1 saturated heterocycles. The van der Waals surface area contributed by atoms with Crippen LogP contribution in [0.4, 0.5) is 9.18 Å². The van der Waals surface area contributed by atoms with E-state index < -0.39 is 0 Å². The van der Waals surface area contributed by atoms with E-state index in [4.69, 9.17) is 0 Å². The van der Waals surface area contributed by atoms with Gasteiger partial charge in [-0.2, -0.15) is 0 Å². The lowest BCUT2D eigenvalue weighted by molar-refractivity contribution is 0.0964. The minimum absolute atomic E-state index is 0.00367. The summed E-state index contributed by atoms with van der Waals surface area (Å²) in [6, 6.07) is 6.94. The predicted octanol–water partition coefficient (Wildman–Crippen LogP) is 3.13. The van der Waals surface area contributed by atoms with Crippen LogP contribution >= 0.6 is 0 Å². The number of piperidine rings is 1. The van der Waals surface area contributed by atoms with Gasteiger partial charge in [-0.3, -0.25) is 0 Å². The highest BCUT2D eigenvalue weighted by molar-refractivity contribution is 5.74. The van der Waals surface area contributed by atoms with Crippen LogP contribution in [0, 0.1) is 11.7 Å². The largest absolute Gasteiger partial charge is 0.338 e. The van der Waals surface area contributed by atoms with Crippen molar-refractivity contribution in [3.8, 4) is 0 Å². The van der Waals surface area contributed by atoms with Gasteiger partial charge in [-0.1, -0.05) is 26.0 Å². The summed E-state index contributed by atoms with van der Waals surface area (Å²) >= 11 is 0. The summed E-state index contributed by atoms with van der Waals surface area (Å²) in [5.41, 5.74) is 0.971. The molecule has 4 nitrogen and oxygen atoms in total. The Bertz CT molecular complexity index is 537. The van der Waals surface area contributed by atoms with Crippen LogP contribution in [-0.4, -0.2) is 55.1 Å². The first-order valence-electron chi connectivity index (χ1n) is 8.98. The second kappa shape index (κ2) is 9.02. The van der Waals surface area contributed by atoms with E-state index in [1.165, 1.54) is 6.07 Å². The zero-order valence-electron chi connectivity index (χ0n) is 15.1. The van der Waals surface area contributed by atoms with E-state index in [1.807, 2.05) is 18.0 Å². The number of carbonyl (C=O) groups excluding carboxylic acids is 1. The van der Waals surface area contributed by atoms with Gasteiger partial charge in [0.1, 0.15) is 5.82 Å². The van der Waals surface area contributed by atoms with Crippen molar-refractivity contribution in [1.82, 2.24) is 15.1 Å². The van der Waals surface area contributed by atoms with Crippen LogP contribution in [-0.2, 0) is 6.42 Å². The maximum atomic E-state index is 13.1. The van der Waals surface area contributed by atoms with E-state index in [9.17, 15) is 9.18 Å². The van der Waals surface area contributed by atoms with Crippen molar-refractivity contribution in [2.75, 3.05) is 33.2 Å². The van der Waals surface area contributed by atoms with Gasteiger partial charge in [0, 0.05) is 32.7 Å². The third-order valence-corrected chi connectivity index (χ3v) is 5.02. The van der Waals surface area contributed by atoms with Crippen molar-refractivity contribution in [3.63, 3.8) is 0 Å². The number of amides is 2. The first kappa shape index (κ1) is 18.7. The summed E-state index contributed by atoms with van der Waals surface area (Å²) in [4.78, 5) is 16.6. The van der Waals surface area contributed by atoms with Crippen molar-refractivity contribution in [2.45, 2.75) is 39.2 Å². The molecule has 5 heteroatoms. The van der Waals surface area contributed by atoms with Gasteiger partial charge in [0.05, 0.1) is 0 Å². The van der Waals surface area contributed by atoms with Gasteiger partial charge in [-0.15, -0.1) is 0 Å². The number of nitrogens with zero attached hydrogens (tertiary/aromatic N) is 2. The van der Waals surface area contributed by atoms with Gasteiger partial charge in [0.15, 0.2) is 0 Å². The zero-order valence-corrected chi connectivity index (χ0v) is 15.1. The van der Waals surface area contributed by atoms with Crippen molar-refractivity contribution >= 4 is 6.03 Å². The van der Waals surface area contributed by atoms with Crippen molar-refractivity contribution in [2.24, 2.45) is 5.92 Å². The normalized spacial score (nSPS) is 21.5. The van der Waals surface area contributed by atoms with Gasteiger partial charge in [0.25, 0.3) is 0 Å². The molecule has 1 heterocycles. The molecule has 24 heavy (non-hydrogen) atoms. The Kier molecular flexibility index (Phi) is 7.03. The molecule has 0 spiro atoms. The molecule has 0 aliphatic carbocycles. The minimum Gasteiger partial charge on any atom is -0.338 e. The van der Waals surface area contributed by atoms with Crippen LogP contribution in [0.2, 0.25) is 0 Å². The molecule has 0 aromatic heterocycles. The van der Waals surface area contributed by atoms with Crippen LogP contribution in [0.1, 0.15) is 32.3 Å². The van der Waals surface area contributed by atoms with E-state index in [-0.39, 0.29) is 11.8 Å². The third kappa shape index (κ3) is 5.20. The van der Waals surface area contributed by atoms with E-state index in [0.29, 0.717) is 18.5 Å². The predicted molar refractivity (Wildman–Crippen MR) is 95.6 cm³/mol. The highest BCUT2D eigenvalue weighted by atomic mass is 19.1. The van der Waals surface area contributed by atoms with Crippen molar-refractivity contribution in [3.05, 3.63) is 35.6 Å². The molecule has 134 valence electrons. The van der Waals surface area contributed by atoms with Crippen molar-refractivity contribution in [1.29, 1.82) is 0 Å². The maximum absolute atomic E-state index is 13.1. The van der Waals surface area contributed by atoms with E-state index in [1.54, 1.807) is 12.1 Å². The summed E-state index contributed by atoms with van der Waals surface area (Å²) in [7, 11) is 1.89. The lowest BCUT2D eigenvalue weighted by atomic mass is 9.93. The lowest BCUT2D eigenvalue weighted by Crippen LogP contribution is -2.53. The summed E-state index contributed by atoms with van der Waals surface area (Å²) in [5.74, 6) is 0.283. The van der Waals surface area contributed by atoms with E-state index in [0.717, 1.165) is 44.5 Å². The molecule has 2 rings (SSSR count). The minimum atomic E-state index is -0.205. The fraction of sp³-hybridized carbons (Fsp3) is 0.632. The Morgan fingerprint density at radius 1 is 1.46 bits per heavy atom. The molecule has 2 atom stereocenters. The standard InChI is InChI=1S/C19H30FN3O/c1-4-23-12-10-18(15(2)14-23)22(3)19(24)21-11-6-8-16-7-5-9-17(20)13-16/h5,7,9,13,15,18H,4,6,8,10-12,14H2,1-3H3,(H,21,24)/t15-,18+/m1/s1. The molecule has 0 radical (unpaired) electrons. The quantitative estimate of drug-likeness (QED) is 0.811. The van der Waals surface area contributed by atoms with E-state index >= 15 is 0 Å². The molecular formula is C19H30FN3O. The molecule has 1 aromatic carbocycles. The number of aryl methyl sites for hydroxylation is 1. The number of nitrogens with one attached hydrogen (secondary N) is 1. The summed E-state index contributed by atoms with van der Waals surface area (Å²) in [6.45, 7) is 8.21. The highest BCUT2D eigenvalue weighted by Crippen LogP contribution is 2.21. The molecule has 2 amide bonds. The van der Waals surface area contributed by atoms with Gasteiger partial charge in [-0.25, -0.2) is 9.18 Å². The summed E-state index contributed by atoms with van der Waals surface area (Å²) < 4.78 is 13.1. The maximum Gasteiger partial charge on any atom is 0.317 e. The second-order valence-electron chi connectivity index (χ2n) is 6.80. The summed E-state index contributed by atoms with van der Waals surface area (Å²) in [6.07, 6.45) is 2.61. The molecular weight excluding hydrogens is 305 g/mol. The molecule has 1 fully saturated rings. The molecule has 1 aromatic rings. The molecule has 0 saturated carbocycles. The summed E-state index contributed by atoms with van der Waals surface area (Å²) in [5, 5.41) is 2.99. The number of likely N-dealkylation sites (tertiary alicyclic amines) is 1. The smallest absolute Gasteiger partial charge is 0.317 e.